The number of fused-ring (bicyclic) bond motifs is 1. The zero-order chi connectivity index (χ0) is 15.4. The molecular formula is C19H17NS2. The first-order valence-corrected chi connectivity index (χ1v) is 9.27. The summed E-state index contributed by atoms with van der Waals surface area (Å²) in [5.74, 6) is 1.19. The molecule has 0 atom stereocenters. The molecule has 1 nitrogen and oxygen atoms in total. The molecule has 0 aliphatic heterocycles. The quantitative estimate of drug-likeness (QED) is 0.404. The maximum atomic E-state index is 8.99. The van der Waals surface area contributed by atoms with E-state index in [2.05, 4.69) is 43.3 Å². The number of hydrogen-bond acceptors (Lipinski definition) is 3. The van der Waals surface area contributed by atoms with Crippen molar-refractivity contribution in [3.8, 4) is 16.5 Å². The number of thioether (sulfide) groups is 1. The summed E-state index contributed by atoms with van der Waals surface area (Å²) in [6, 6.07) is 19.1. The van der Waals surface area contributed by atoms with Gasteiger partial charge in [-0.15, -0.1) is 23.1 Å². The van der Waals surface area contributed by atoms with Crippen LogP contribution in [0.2, 0.25) is 0 Å². The van der Waals surface area contributed by atoms with Crippen molar-refractivity contribution in [2.45, 2.75) is 24.7 Å². The summed E-state index contributed by atoms with van der Waals surface area (Å²) in [5.41, 5.74) is 1.97. The Morgan fingerprint density at radius 1 is 1.09 bits per heavy atom. The number of nitriles is 1. The summed E-state index contributed by atoms with van der Waals surface area (Å²) in [7, 11) is 0. The second-order valence-corrected chi connectivity index (χ2v) is 7.45. The van der Waals surface area contributed by atoms with E-state index in [0.717, 1.165) is 10.9 Å². The third-order valence-corrected chi connectivity index (χ3v) is 5.81. The minimum atomic E-state index is 0.722. The van der Waals surface area contributed by atoms with Gasteiger partial charge in [0.1, 0.15) is 0 Å². The van der Waals surface area contributed by atoms with Gasteiger partial charge in [0.05, 0.1) is 11.6 Å². The van der Waals surface area contributed by atoms with Gasteiger partial charge in [-0.2, -0.15) is 5.26 Å². The standard InChI is InChI=1S/C19H17NS2/c1-2-3-10-21-17-7-5-15(6-8-17)19-12-16-11-14(13-20)4-9-18(16)22-19/h4-9,11-12H,2-3,10H2,1H3. The maximum Gasteiger partial charge on any atom is 0.0991 e. The van der Waals surface area contributed by atoms with Crippen LogP contribution < -0.4 is 0 Å². The Morgan fingerprint density at radius 3 is 2.64 bits per heavy atom. The molecule has 110 valence electrons. The van der Waals surface area contributed by atoms with E-state index in [1.165, 1.54) is 38.6 Å². The highest BCUT2D eigenvalue weighted by Gasteiger charge is 2.05. The molecule has 22 heavy (non-hydrogen) atoms. The molecule has 0 saturated heterocycles. The number of unbranched alkanes of at least 4 members (excludes halogenated alkanes) is 1. The Hall–Kier alpha value is -1.76. The lowest BCUT2D eigenvalue weighted by Gasteiger charge is -2.02. The van der Waals surface area contributed by atoms with E-state index < -0.39 is 0 Å². The van der Waals surface area contributed by atoms with Crippen LogP contribution in [0.15, 0.2) is 53.4 Å². The van der Waals surface area contributed by atoms with Gasteiger partial charge in [-0.3, -0.25) is 0 Å². The number of nitrogens with zero attached hydrogens (tertiary/aromatic N) is 1. The van der Waals surface area contributed by atoms with E-state index in [4.69, 9.17) is 5.26 Å². The summed E-state index contributed by atoms with van der Waals surface area (Å²) >= 11 is 3.71. The van der Waals surface area contributed by atoms with Crippen molar-refractivity contribution >= 4 is 33.2 Å². The molecule has 3 rings (SSSR count). The molecule has 0 aliphatic carbocycles. The third kappa shape index (κ3) is 3.35. The first-order chi connectivity index (χ1) is 10.8. The van der Waals surface area contributed by atoms with Gasteiger partial charge >= 0.3 is 0 Å². The lowest BCUT2D eigenvalue weighted by molar-refractivity contribution is 0.896. The van der Waals surface area contributed by atoms with Crippen molar-refractivity contribution < 1.29 is 0 Å². The molecule has 0 saturated carbocycles. The summed E-state index contributed by atoms with van der Waals surface area (Å²) in [6.45, 7) is 2.23. The normalized spacial score (nSPS) is 10.7. The third-order valence-electron chi connectivity index (χ3n) is 3.55. The predicted octanol–water partition coefficient (Wildman–Crippen LogP) is 6.33. The van der Waals surface area contributed by atoms with Crippen LogP contribution in [0.25, 0.3) is 20.5 Å². The maximum absolute atomic E-state index is 8.99. The van der Waals surface area contributed by atoms with E-state index in [1.54, 1.807) is 11.3 Å². The first-order valence-electron chi connectivity index (χ1n) is 7.47. The molecule has 0 fully saturated rings. The SMILES string of the molecule is CCCCSc1ccc(-c2cc3cc(C#N)ccc3s2)cc1. The van der Waals surface area contributed by atoms with Crippen LogP contribution in [-0.4, -0.2) is 5.75 Å². The molecule has 0 amide bonds. The molecule has 0 bridgehead atoms. The molecular weight excluding hydrogens is 306 g/mol. The van der Waals surface area contributed by atoms with E-state index in [9.17, 15) is 0 Å². The van der Waals surface area contributed by atoms with Crippen LogP contribution in [0.4, 0.5) is 0 Å². The highest BCUT2D eigenvalue weighted by Crippen LogP contribution is 2.34. The van der Waals surface area contributed by atoms with E-state index in [-0.39, 0.29) is 0 Å². The lowest BCUT2D eigenvalue weighted by Crippen LogP contribution is -1.79. The second kappa shape index (κ2) is 7.00. The topological polar surface area (TPSA) is 23.8 Å². The van der Waals surface area contributed by atoms with E-state index in [0.29, 0.717) is 0 Å². The van der Waals surface area contributed by atoms with Crippen molar-refractivity contribution in [1.29, 1.82) is 5.26 Å². The molecule has 0 spiro atoms. The number of thiophene rings is 1. The highest BCUT2D eigenvalue weighted by atomic mass is 32.2. The number of hydrogen-bond donors (Lipinski definition) is 0. The fraction of sp³-hybridized carbons (Fsp3) is 0.211. The van der Waals surface area contributed by atoms with Crippen molar-refractivity contribution in [1.82, 2.24) is 0 Å². The fourth-order valence-corrected chi connectivity index (χ4v) is 4.35. The zero-order valence-electron chi connectivity index (χ0n) is 12.5. The summed E-state index contributed by atoms with van der Waals surface area (Å²) < 4.78 is 1.23. The fourth-order valence-electron chi connectivity index (χ4n) is 2.30. The van der Waals surface area contributed by atoms with Crippen molar-refractivity contribution in [2.75, 3.05) is 5.75 Å². The average Bonchev–Trinajstić information content (AvgIpc) is 2.98. The van der Waals surface area contributed by atoms with Crippen LogP contribution in [0.1, 0.15) is 25.3 Å². The Labute approximate surface area is 139 Å². The molecule has 0 N–H and O–H groups in total. The van der Waals surface area contributed by atoms with Gasteiger partial charge in [0.2, 0.25) is 0 Å². The summed E-state index contributed by atoms with van der Waals surface area (Å²) in [4.78, 5) is 2.60. The van der Waals surface area contributed by atoms with Crippen molar-refractivity contribution in [3.05, 3.63) is 54.1 Å². The van der Waals surface area contributed by atoms with Gasteiger partial charge in [0, 0.05) is 14.5 Å². The first kappa shape index (κ1) is 15.1. The van der Waals surface area contributed by atoms with Crippen LogP contribution >= 0.6 is 23.1 Å². The minimum Gasteiger partial charge on any atom is -0.192 e. The van der Waals surface area contributed by atoms with Crippen LogP contribution in [0.3, 0.4) is 0 Å². The number of rotatable bonds is 5. The van der Waals surface area contributed by atoms with Gasteiger partial charge in [-0.1, -0.05) is 25.5 Å². The molecule has 3 aromatic rings. The van der Waals surface area contributed by atoms with E-state index >= 15 is 0 Å². The molecule has 0 radical (unpaired) electrons. The Balaban J connectivity index is 1.83. The Bertz CT molecular complexity index is 810. The van der Waals surface area contributed by atoms with Gasteiger partial charge in [0.25, 0.3) is 0 Å². The molecule has 1 aromatic heterocycles. The average molecular weight is 323 g/mol. The predicted molar refractivity (Wildman–Crippen MR) is 97.6 cm³/mol. The smallest absolute Gasteiger partial charge is 0.0991 e. The second-order valence-electron chi connectivity index (χ2n) is 5.20. The van der Waals surface area contributed by atoms with Crippen LogP contribution in [0, 0.1) is 11.3 Å². The number of benzene rings is 2. The molecule has 1 heterocycles. The lowest BCUT2D eigenvalue weighted by atomic mass is 10.1. The minimum absolute atomic E-state index is 0.722. The van der Waals surface area contributed by atoms with Gasteiger partial charge in [0.15, 0.2) is 0 Å². The van der Waals surface area contributed by atoms with Crippen molar-refractivity contribution in [3.63, 3.8) is 0 Å². The summed E-state index contributed by atoms with van der Waals surface area (Å²) in [6.07, 6.45) is 2.52. The molecule has 2 aromatic carbocycles. The Kier molecular flexibility index (Phi) is 4.82. The summed E-state index contributed by atoms with van der Waals surface area (Å²) in [5, 5.41) is 10.1. The Morgan fingerprint density at radius 2 is 1.91 bits per heavy atom. The largest absolute Gasteiger partial charge is 0.192 e. The van der Waals surface area contributed by atoms with Crippen LogP contribution in [-0.2, 0) is 0 Å². The zero-order valence-corrected chi connectivity index (χ0v) is 14.1. The molecule has 3 heteroatoms. The van der Waals surface area contributed by atoms with Gasteiger partial charge in [-0.25, -0.2) is 0 Å². The van der Waals surface area contributed by atoms with Gasteiger partial charge in [-0.05, 0) is 59.5 Å². The van der Waals surface area contributed by atoms with Crippen LogP contribution in [0.5, 0.6) is 0 Å². The monoisotopic (exact) mass is 323 g/mol. The van der Waals surface area contributed by atoms with Gasteiger partial charge < -0.3 is 0 Å². The van der Waals surface area contributed by atoms with E-state index in [1.807, 2.05) is 30.0 Å². The van der Waals surface area contributed by atoms with Crippen molar-refractivity contribution in [2.24, 2.45) is 0 Å². The molecule has 0 unspecified atom stereocenters. The molecule has 0 aliphatic rings. The highest BCUT2D eigenvalue weighted by molar-refractivity contribution is 7.99.